The van der Waals surface area contributed by atoms with Gasteiger partial charge in [-0.25, -0.2) is 4.79 Å². The minimum atomic E-state index is -1.06. The van der Waals surface area contributed by atoms with Crippen molar-refractivity contribution in [3.63, 3.8) is 0 Å². The predicted octanol–water partition coefficient (Wildman–Crippen LogP) is 1.77. The van der Waals surface area contributed by atoms with E-state index in [9.17, 15) is 4.79 Å². The molecule has 4 nitrogen and oxygen atoms in total. The van der Waals surface area contributed by atoms with E-state index in [4.69, 9.17) is 26.2 Å². The van der Waals surface area contributed by atoms with E-state index in [1.807, 2.05) is 0 Å². The fourth-order valence-electron chi connectivity index (χ4n) is 1.13. The Morgan fingerprint density at radius 2 is 2.08 bits per heavy atom. The molecule has 1 N–H and O–H groups in total. The Kier molecular flexibility index (Phi) is 1.77. The number of carboxylic acid groups (broad SMARTS) is 1. The van der Waals surface area contributed by atoms with Gasteiger partial charge in [0.15, 0.2) is 11.5 Å². The highest BCUT2D eigenvalue weighted by molar-refractivity contribution is 6.32. The summed E-state index contributed by atoms with van der Waals surface area (Å²) in [4.78, 5) is 10.7. The highest BCUT2D eigenvalue weighted by Crippen LogP contribution is 2.41. The summed E-state index contributed by atoms with van der Waals surface area (Å²) in [5.41, 5.74) is 0.0666. The lowest BCUT2D eigenvalue weighted by Gasteiger charge is -2.01. The van der Waals surface area contributed by atoms with Crippen molar-refractivity contribution >= 4 is 17.6 Å². The number of rotatable bonds is 1. The van der Waals surface area contributed by atoms with Crippen LogP contribution in [0.25, 0.3) is 0 Å². The van der Waals surface area contributed by atoms with Crippen LogP contribution in [0.3, 0.4) is 0 Å². The number of aromatic carboxylic acids is 1. The Morgan fingerprint density at radius 3 is 2.77 bits per heavy atom. The van der Waals surface area contributed by atoms with Gasteiger partial charge in [-0.15, -0.1) is 0 Å². The topological polar surface area (TPSA) is 55.8 Å². The van der Waals surface area contributed by atoms with Gasteiger partial charge in [0, 0.05) is 0 Å². The molecular weight excluding hydrogens is 196 g/mol. The van der Waals surface area contributed by atoms with Gasteiger partial charge in [0.05, 0.1) is 5.02 Å². The first kappa shape index (κ1) is 8.19. The standard InChI is InChI=1S/C8H5ClO4/c9-5-2-1-4(8(10)11)6-7(5)13-3-12-6/h1-2H,3H2,(H,10,11). The maximum atomic E-state index is 10.7. The number of carboxylic acids is 1. The first-order chi connectivity index (χ1) is 6.20. The molecule has 0 saturated heterocycles. The number of hydrogen-bond donors (Lipinski definition) is 1. The minimum absolute atomic E-state index is 0.0132. The zero-order chi connectivity index (χ0) is 9.42. The molecule has 0 unspecified atom stereocenters. The molecule has 0 saturated carbocycles. The van der Waals surface area contributed by atoms with Gasteiger partial charge in [-0.1, -0.05) is 11.6 Å². The molecule has 68 valence electrons. The number of halogens is 1. The minimum Gasteiger partial charge on any atom is -0.478 e. The van der Waals surface area contributed by atoms with Gasteiger partial charge in [0.25, 0.3) is 0 Å². The lowest BCUT2D eigenvalue weighted by atomic mass is 10.2. The van der Waals surface area contributed by atoms with Crippen molar-refractivity contribution in [2.45, 2.75) is 0 Å². The molecular formula is C8H5ClO4. The van der Waals surface area contributed by atoms with Crippen LogP contribution in [-0.2, 0) is 0 Å². The maximum Gasteiger partial charge on any atom is 0.339 e. The zero-order valence-electron chi connectivity index (χ0n) is 6.41. The molecule has 0 fully saturated rings. The molecule has 5 heteroatoms. The van der Waals surface area contributed by atoms with Crippen LogP contribution in [-0.4, -0.2) is 17.9 Å². The van der Waals surface area contributed by atoms with Gasteiger partial charge in [-0.3, -0.25) is 0 Å². The predicted molar refractivity (Wildman–Crippen MR) is 44.5 cm³/mol. The molecule has 1 aromatic carbocycles. The average Bonchev–Trinajstić information content (AvgIpc) is 2.53. The maximum absolute atomic E-state index is 10.7. The van der Waals surface area contributed by atoms with Crippen molar-refractivity contribution < 1.29 is 19.4 Å². The fourth-order valence-corrected chi connectivity index (χ4v) is 1.34. The monoisotopic (exact) mass is 200 g/mol. The van der Waals surface area contributed by atoms with Gasteiger partial charge in [-0.05, 0) is 12.1 Å². The Balaban J connectivity index is 2.62. The van der Waals surface area contributed by atoms with Crippen molar-refractivity contribution in [2.24, 2.45) is 0 Å². The van der Waals surface area contributed by atoms with E-state index in [2.05, 4.69) is 0 Å². The Bertz CT molecular complexity index is 375. The molecule has 1 aromatic rings. The quantitative estimate of drug-likeness (QED) is 0.751. The molecule has 1 heterocycles. The third-order valence-electron chi connectivity index (χ3n) is 1.70. The van der Waals surface area contributed by atoms with Gasteiger partial charge >= 0.3 is 5.97 Å². The molecule has 0 aromatic heterocycles. The van der Waals surface area contributed by atoms with Gasteiger partial charge in [0.2, 0.25) is 6.79 Å². The summed E-state index contributed by atoms with van der Waals surface area (Å²) in [6.07, 6.45) is 0. The lowest BCUT2D eigenvalue weighted by molar-refractivity contribution is 0.0692. The molecule has 1 aliphatic rings. The summed E-state index contributed by atoms with van der Waals surface area (Å²) in [6, 6.07) is 2.86. The molecule has 0 amide bonds. The Hall–Kier alpha value is -1.42. The highest BCUT2D eigenvalue weighted by Gasteiger charge is 2.24. The van der Waals surface area contributed by atoms with Crippen molar-refractivity contribution in [3.05, 3.63) is 22.7 Å². The van der Waals surface area contributed by atoms with Gasteiger partial charge in [0.1, 0.15) is 5.56 Å². The third kappa shape index (κ3) is 1.19. The number of hydrogen-bond acceptors (Lipinski definition) is 3. The van der Waals surface area contributed by atoms with Crippen LogP contribution in [0.2, 0.25) is 5.02 Å². The van der Waals surface area contributed by atoms with E-state index in [1.54, 1.807) is 0 Å². The molecule has 2 rings (SSSR count). The second-order valence-corrected chi connectivity index (χ2v) is 2.87. The Morgan fingerprint density at radius 1 is 1.38 bits per heavy atom. The molecule has 0 atom stereocenters. The van der Waals surface area contributed by atoms with Crippen molar-refractivity contribution in [1.29, 1.82) is 0 Å². The molecule has 0 bridgehead atoms. The molecule has 1 aliphatic heterocycles. The summed E-state index contributed by atoms with van der Waals surface area (Å²) in [5.74, 6) is -0.542. The molecule has 0 aliphatic carbocycles. The average molecular weight is 201 g/mol. The van der Waals surface area contributed by atoms with Crippen LogP contribution in [0.5, 0.6) is 11.5 Å². The normalized spacial score (nSPS) is 13.0. The second-order valence-electron chi connectivity index (χ2n) is 2.46. The van der Waals surface area contributed by atoms with Crippen LogP contribution in [0, 0.1) is 0 Å². The largest absolute Gasteiger partial charge is 0.478 e. The highest BCUT2D eigenvalue weighted by atomic mass is 35.5. The number of carbonyl (C=O) groups is 1. The summed E-state index contributed by atoms with van der Waals surface area (Å²) in [7, 11) is 0. The molecule has 0 radical (unpaired) electrons. The Labute approximate surface area is 78.6 Å². The molecule has 0 spiro atoms. The first-order valence-corrected chi connectivity index (χ1v) is 3.89. The van der Waals surface area contributed by atoms with Crippen LogP contribution >= 0.6 is 11.6 Å². The first-order valence-electron chi connectivity index (χ1n) is 3.51. The third-order valence-corrected chi connectivity index (χ3v) is 2.00. The summed E-state index contributed by atoms with van der Waals surface area (Å²) in [6.45, 7) is 0.0132. The van der Waals surface area contributed by atoms with E-state index in [0.717, 1.165) is 0 Å². The van der Waals surface area contributed by atoms with E-state index in [-0.39, 0.29) is 18.1 Å². The smallest absolute Gasteiger partial charge is 0.339 e. The number of fused-ring (bicyclic) bond motifs is 1. The van der Waals surface area contributed by atoms with E-state index < -0.39 is 5.97 Å². The summed E-state index contributed by atoms with van der Waals surface area (Å²) in [5, 5.41) is 9.12. The SMILES string of the molecule is O=C(O)c1ccc(Cl)c2c1OCO2. The van der Waals surface area contributed by atoms with Crippen molar-refractivity contribution in [3.8, 4) is 11.5 Å². The van der Waals surface area contributed by atoms with Crippen LogP contribution < -0.4 is 9.47 Å². The van der Waals surface area contributed by atoms with Gasteiger partial charge < -0.3 is 14.6 Å². The van der Waals surface area contributed by atoms with E-state index in [0.29, 0.717) is 10.8 Å². The van der Waals surface area contributed by atoms with E-state index >= 15 is 0 Å². The lowest BCUT2D eigenvalue weighted by Crippen LogP contribution is -1.99. The second kappa shape index (κ2) is 2.81. The summed E-state index contributed by atoms with van der Waals surface area (Å²) < 4.78 is 9.99. The van der Waals surface area contributed by atoms with Crippen molar-refractivity contribution in [2.75, 3.05) is 6.79 Å². The van der Waals surface area contributed by atoms with E-state index in [1.165, 1.54) is 12.1 Å². The van der Waals surface area contributed by atoms with Crippen LogP contribution in [0.4, 0.5) is 0 Å². The van der Waals surface area contributed by atoms with Crippen LogP contribution in [0.1, 0.15) is 10.4 Å². The van der Waals surface area contributed by atoms with Crippen LogP contribution in [0.15, 0.2) is 12.1 Å². The van der Waals surface area contributed by atoms with Crippen molar-refractivity contribution in [1.82, 2.24) is 0 Å². The fraction of sp³-hybridized carbons (Fsp3) is 0.125. The number of benzene rings is 1. The summed E-state index contributed by atoms with van der Waals surface area (Å²) >= 11 is 5.75. The number of ether oxygens (including phenoxy) is 2. The molecule has 13 heavy (non-hydrogen) atoms. The van der Waals surface area contributed by atoms with Gasteiger partial charge in [-0.2, -0.15) is 0 Å². The zero-order valence-corrected chi connectivity index (χ0v) is 7.17.